The van der Waals surface area contributed by atoms with Crippen LogP contribution in [0.2, 0.25) is 0 Å². The molecule has 0 saturated carbocycles. The summed E-state index contributed by atoms with van der Waals surface area (Å²) in [5.41, 5.74) is 9.07. The van der Waals surface area contributed by atoms with Gasteiger partial charge in [0.2, 0.25) is 6.79 Å². The molecule has 1 atom stereocenters. The van der Waals surface area contributed by atoms with Crippen molar-refractivity contribution in [2.24, 2.45) is 0 Å². The Morgan fingerprint density at radius 1 is 1.10 bits per heavy atom. The predicted octanol–water partition coefficient (Wildman–Crippen LogP) is 3.16. The van der Waals surface area contributed by atoms with E-state index in [1.54, 1.807) is 7.11 Å². The van der Waals surface area contributed by atoms with Crippen LogP contribution in [-0.4, -0.2) is 13.9 Å². The highest BCUT2D eigenvalue weighted by molar-refractivity contribution is 5.61. The molecule has 20 heavy (non-hydrogen) atoms. The smallest absolute Gasteiger partial charge is 0.231 e. The van der Waals surface area contributed by atoms with Crippen LogP contribution < -0.4 is 19.9 Å². The van der Waals surface area contributed by atoms with Crippen LogP contribution in [0.5, 0.6) is 17.2 Å². The Morgan fingerprint density at radius 2 is 1.75 bits per heavy atom. The van der Waals surface area contributed by atoms with Crippen molar-refractivity contribution >= 4 is 5.69 Å². The summed E-state index contributed by atoms with van der Waals surface area (Å²) >= 11 is 0. The number of rotatable bonds is 3. The molecule has 1 unspecified atom stereocenters. The minimum atomic E-state index is 0.176. The van der Waals surface area contributed by atoms with Crippen molar-refractivity contribution in [1.82, 2.24) is 0 Å². The fraction of sp³-hybridized carbons (Fsp3) is 0.250. The van der Waals surface area contributed by atoms with Gasteiger partial charge in [-0.3, -0.25) is 0 Å². The lowest BCUT2D eigenvalue weighted by Gasteiger charge is -2.16. The van der Waals surface area contributed by atoms with Crippen LogP contribution in [-0.2, 0) is 0 Å². The molecule has 0 radical (unpaired) electrons. The predicted molar refractivity (Wildman–Crippen MR) is 77.5 cm³/mol. The molecule has 104 valence electrons. The zero-order valence-electron chi connectivity index (χ0n) is 11.6. The number of ether oxygens (including phenoxy) is 3. The van der Waals surface area contributed by atoms with Gasteiger partial charge in [0.05, 0.1) is 7.11 Å². The van der Waals surface area contributed by atoms with Gasteiger partial charge in [-0.05, 0) is 29.3 Å². The molecule has 0 spiro atoms. The lowest BCUT2D eigenvalue weighted by Crippen LogP contribution is -2.01. The molecule has 4 nitrogen and oxygen atoms in total. The van der Waals surface area contributed by atoms with Gasteiger partial charge in [-0.1, -0.05) is 19.1 Å². The van der Waals surface area contributed by atoms with Crippen LogP contribution in [0.4, 0.5) is 5.69 Å². The van der Waals surface area contributed by atoms with Gasteiger partial charge >= 0.3 is 0 Å². The van der Waals surface area contributed by atoms with Gasteiger partial charge in [-0.2, -0.15) is 0 Å². The number of fused-ring (bicyclic) bond motifs is 1. The van der Waals surface area contributed by atoms with Crippen molar-refractivity contribution in [1.29, 1.82) is 0 Å². The normalized spacial score (nSPS) is 14.1. The molecule has 2 N–H and O–H groups in total. The highest BCUT2D eigenvalue weighted by atomic mass is 16.7. The summed E-state index contributed by atoms with van der Waals surface area (Å²) in [4.78, 5) is 0. The van der Waals surface area contributed by atoms with E-state index < -0.39 is 0 Å². The molecule has 2 aromatic carbocycles. The zero-order chi connectivity index (χ0) is 14.1. The molecule has 0 aromatic heterocycles. The maximum Gasteiger partial charge on any atom is 0.231 e. The lowest BCUT2D eigenvalue weighted by atomic mass is 9.91. The van der Waals surface area contributed by atoms with Gasteiger partial charge in [0.15, 0.2) is 11.5 Å². The molecule has 1 aliphatic rings. The Kier molecular flexibility index (Phi) is 3.14. The van der Waals surface area contributed by atoms with Crippen molar-refractivity contribution in [3.8, 4) is 17.2 Å². The molecule has 0 saturated heterocycles. The van der Waals surface area contributed by atoms with E-state index in [2.05, 4.69) is 6.92 Å². The number of benzene rings is 2. The minimum absolute atomic E-state index is 0.176. The second-order valence-electron chi connectivity index (χ2n) is 4.83. The maximum absolute atomic E-state index is 6.13. The summed E-state index contributed by atoms with van der Waals surface area (Å²) < 4.78 is 15.9. The van der Waals surface area contributed by atoms with E-state index in [1.807, 2.05) is 36.4 Å². The molecule has 1 heterocycles. The Morgan fingerprint density at radius 3 is 2.40 bits per heavy atom. The van der Waals surface area contributed by atoms with E-state index in [0.29, 0.717) is 5.75 Å². The molecule has 0 bridgehead atoms. The average Bonchev–Trinajstić information content (AvgIpc) is 2.93. The second kappa shape index (κ2) is 4.96. The fourth-order valence-corrected chi connectivity index (χ4v) is 2.42. The van der Waals surface area contributed by atoms with Gasteiger partial charge in [-0.15, -0.1) is 0 Å². The Hall–Kier alpha value is -2.36. The highest BCUT2D eigenvalue weighted by Gasteiger charge is 2.19. The summed E-state index contributed by atoms with van der Waals surface area (Å²) in [6.07, 6.45) is 0. The average molecular weight is 271 g/mol. The molecule has 4 heteroatoms. The molecular weight excluding hydrogens is 254 g/mol. The molecule has 0 aliphatic carbocycles. The standard InChI is InChI=1S/C16H17NO3/c1-10(11-3-5-12(18-2)6-4-11)13-7-15-16(8-14(13)17)20-9-19-15/h3-8,10H,9,17H2,1-2H3. The SMILES string of the molecule is COc1ccc(C(C)c2cc3c(cc2N)OCO3)cc1. The van der Waals surface area contributed by atoms with Gasteiger partial charge in [0, 0.05) is 17.7 Å². The largest absolute Gasteiger partial charge is 0.497 e. The van der Waals surface area contributed by atoms with Crippen LogP contribution in [0.1, 0.15) is 24.0 Å². The van der Waals surface area contributed by atoms with Crippen LogP contribution in [0, 0.1) is 0 Å². The second-order valence-corrected chi connectivity index (χ2v) is 4.83. The van der Waals surface area contributed by atoms with Crippen molar-refractivity contribution < 1.29 is 14.2 Å². The summed E-state index contributed by atoms with van der Waals surface area (Å²) in [6.45, 7) is 2.38. The summed E-state index contributed by atoms with van der Waals surface area (Å²) in [5, 5.41) is 0. The Labute approximate surface area is 118 Å². The Balaban J connectivity index is 1.95. The minimum Gasteiger partial charge on any atom is -0.497 e. The third kappa shape index (κ3) is 2.13. The van der Waals surface area contributed by atoms with E-state index in [-0.39, 0.29) is 12.7 Å². The van der Waals surface area contributed by atoms with Gasteiger partial charge in [0.1, 0.15) is 5.75 Å². The Bertz CT molecular complexity index is 622. The third-order valence-electron chi connectivity index (χ3n) is 3.66. The summed E-state index contributed by atoms with van der Waals surface area (Å²) in [6, 6.07) is 11.8. The van der Waals surface area contributed by atoms with Crippen LogP contribution >= 0.6 is 0 Å². The summed E-state index contributed by atoms with van der Waals surface area (Å²) in [7, 11) is 1.66. The van der Waals surface area contributed by atoms with Crippen molar-refractivity contribution in [2.75, 3.05) is 19.6 Å². The quantitative estimate of drug-likeness (QED) is 0.871. The summed E-state index contributed by atoms with van der Waals surface area (Å²) in [5.74, 6) is 2.50. The van der Waals surface area contributed by atoms with E-state index in [0.717, 1.165) is 22.7 Å². The fourth-order valence-electron chi connectivity index (χ4n) is 2.42. The molecule has 0 fully saturated rings. The number of hydrogen-bond acceptors (Lipinski definition) is 4. The monoisotopic (exact) mass is 271 g/mol. The van der Waals surface area contributed by atoms with E-state index in [4.69, 9.17) is 19.9 Å². The van der Waals surface area contributed by atoms with Gasteiger partial charge < -0.3 is 19.9 Å². The number of methoxy groups -OCH3 is 1. The molecule has 2 aromatic rings. The van der Waals surface area contributed by atoms with Crippen LogP contribution in [0.25, 0.3) is 0 Å². The molecular formula is C16H17NO3. The number of nitrogens with two attached hydrogens (primary N) is 1. The molecule has 1 aliphatic heterocycles. The van der Waals surface area contributed by atoms with Crippen LogP contribution in [0.3, 0.4) is 0 Å². The van der Waals surface area contributed by atoms with Gasteiger partial charge in [0.25, 0.3) is 0 Å². The topological polar surface area (TPSA) is 53.7 Å². The van der Waals surface area contributed by atoms with Crippen molar-refractivity contribution in [3.63, 3.8) is 0 Å². The number of hydrogen-bond donors (Lipinski definition) is 1. The lowest BCUT2D eigenvalue weighted by molar-refractivity contribution is 0.174. The number of nitrogen functional groups attached to an aromatic ring is 1. The third-order valence-corrected chi connectivity index (χ3v) is 3.66. The molecule has 0 amide bonds. The first-order chi connectivity index (χ1) is 9.69. The van der Waals surface area contributed by atoms with E-state index in [9.17, 15) is 0 Å². The first kappa shape index (κ1) is 12.7. The first-order valence-electron chi connectivity index (χ1n) is 6.52. The molecule has 3 rings (SSSR count). The van der Waals surface area contributed by atoms with E-state index in [1.165, 1.54) is 5.56 Å². The van der Waals surface area contributed by atoms with E-state index >= 15 is 0 Å². The van der Waals surface area contributed by atoms with Crippen molar-refractivity contribution in [2.45, 2.75) is 12.8 Å². The first-order valence-corrected chi connectivity index (χ1v) is 6.52. The number of anilines is 1. The van der Waals surface area contributed by atoms with Crippen molar-refractivity contribution in [3.05, 3.63) is 47.5 Å². The highest BCUT2D eigenvalue weighted by Crippen LogP contribution is 2.40. The van der Waals surface area contributed by atoms with Gasteiger partial charge in [-0.25, -0.2) is 0 Å². The zero-order valence-corrected chi connectivity index (χ0v) is 11.6. The van der Waals surface area contributed by atoms with Crippen LogP contribution in [0.15, 0.2) is 36.4 Å². The maximum atomic E-state index is 6.13.